The predicted molar refractivity (Wildman–Crippen MR) is 148 cm³/mol. The number of carbonyl (C=O) groups is 1. The molecule has 1 N–H and O–H groups in total. The third kappa shape index (κ3) is 7.14. The molecule has 0 aliphatic heterocycles. The molecule has 0 fully saturated rings. The first kappa shape index (κ1) is 27.7. The second kappa shape index (κ2) is 12.4. The molecule has 0 atom stereocenters. The molecule has 0 aliphatic carbocycles. The molecule has 202 valence electrons. The van der Waals surface area contributed by atoms with Crippen molar-refractivity contribution in [2.24, 2.45) is 0 Å². The summed E-state index contributed by atoms with van der Waals surface area (Å²) in [6, 6.07) is 26.4. The fourth-order valence-electron chi connectivity index (χ4n) is 3.85. The van der Waals surface area contributed by atoms with E-state index in [0.29, 0.717) is 18.1 Å². The summed E-state index contributed by atoms with van der Waals surface area (Å²) in [6.45, 7) is 1.89. The summed E-state index contributed by atoms with van der Waals surface area (Å²) < 4.78 is 52.5. The maximum absolute atomic E-state index is 13.6. The van der Waals surface area contributed by atoms with Crippen molar-refractivity contribution in [2.45, 2.75) is 25.0 Å². The zero-order valence-electron chi connectivity index (χ0n) is 21.6. The van der Waals surface area contributed by atoms with Gasteiger partial charge in [0.1, 0.15) is 30.5 Å². The van der Waals surface area contributed by atoms with Crippen LogP contribution in [0.15, 0.2) is 102 Å². The highest BCUT2D eigenvalue weighted by Gasteiger charge is 2.29. The number of nitrogens with zero attached hydrogens (tertiary/aromatic N) is 1. The normalized spacial score (nSPS) is 11.1. The van der Waals surface area contributed by atoms with Gasteiger partial charge in [-0.2, -0.15) is 0 Å². The van der Waals surface area contributed by atoms with Crippen molar-refractivity contribution < 1.29 is 27.1 Å². The average Bonchev–Trinajstić information content (AvgIpc) is 2.95. The first-order chi connectivity index (χ1) is 18.8. The van der Waals surface area contributed by atoms with E-state index in [1.807, 2.05) is 25.1 Å². The van der Waals surface area contributed by atoms with Crippen molar-refractivity contribution in [3.8, 4) is 11.5 Å². The van der Waals surface area contributed by atoms with Crippen LogP contribution in [-0.4, -0.2) is 28.0 Å². The van der Waals surface area contributed by atoms with Crippen LogP contribution in [0.1, 0.15) is 16.7 Å². The van der Waals surface area contributed by atoms with Crippen molar-refractivity contribution in [1.82, 2.24) is 5.32 Å². The molecule has 1 amide bonds. The molecule has 0 unspecified atom stereocenters. The zero-order chi connectivity index (χ0) is 27.8. The van der Waals surface area contributed by atoms with Gasteiger partial charge in [0.15, 0.2) is 0 Å². The lowest BCUT2D eigenvalue weighted by molar-refractivity contribution is -0.119. The van der Waals surface area contributed by atoms with Gasteiger partial charge < -0.3 is 14.8 Å². The monoisotopic (exact) mass is 548 g/mol. The molecule has 0 saturated heterocycles. The predicted octanol–water partition coefficient (Wildman–Crippen LogP) is 5.23. The Kier molecular flexibility index (Phi) is 8.83. The number of nitrogens with one attached hydrogen (secondary N) is 1. The van der Waals surface area contributed by atoms with Crippen LogP contribution in [0.25, 0.3) is 0 Å². The number of hydrogen-bond acceptors (Lipinski definition) is 5. The van der Waals surface area contributed by atoms with Gasteiger partial charge in [-0.3, -0.25) is 9.10 Å². The fraction of sp³-hybridized carbons (Fsp3) is 0.167. The summed E-state index contributed by atoms with van der Waals surface area (Å²) in [5.41, 5.74) is 2.75. The third-order valence-corrected chi connectivity index (χ3v) is 7.73. The lowest BCUT2D eigenvalue weighted by Crippen LogP contribution is -2.40. The van der Waals surface area contributed by atoms with E-state index in [0.717, 1.165) is 21.0 Å². The molecule has 7 nitrogen and oxygen atoms in total. The minimum atomic E-state index is -4.06. The van der Waals surface area contributed by atoms with Crippen LogP contribution < -0.4 is 19.1 Å². The zero-order valence-corrected chi connectivity index (χ0v) is 22.5. The number of methoxy groups -OCH3 is 1. The molecule has 0 bridgehead atoms. The Balaban J connectivity index is 1.44. The molecular formula is C30H29FN2O5S. The Labute approximate surface area is 227 Å². The highest BCUT2D eigenvalue weighted by atomic mass is 32.2. The Morgan fingerprint density at radius 3 is 2.23 bits per heavy atom. The Morgan fingerprint density at radius 2 is 1.56 bits per heavy atom. The number of amides is 1. The molecule has 39 heavy (non-hydrogen) atoms. The number of rotatable bonds is 11. The minimum absolute atomic E-state index is 0.0672. The highest BCUT2D eigenvalue weighted by molar-refractivity contribution is 7.92. The topological polar surface area (TPSA) is 84.9 Å². The summed E-state index contributed by atoms with van der Waals surface area (Å²) in [5.74, 6) is 0.184. The van der Waals surface area contributed by atoms with E-state index in [1.54, 1.807) is 54.6 Å². The van der Waals surface area contributed by atoms with Crippen LogP contribution in [-0.2, 0) is 28.0 Å². The molecule has 4 aromatic rings. The summed E-state index contributed by atoms with van der Waals surface area (Å²) in [6.07, 6.45) is 0. The summed E-state index contributed by atoms with van der Waals surface area (Å²) >= 11 is 0. The Bertz CT molecular complexity index is 1510. The fourth-order valence-corrected chi connectivity index (χ4v) is 5.30. The number of hydrogen-bond donors (Lipinski definition) is 1. The molecular weight excluding hydrogens is 519 g/mol. The van der Waals surface area contributed by atoms with Gasteiger partial charge in [0, 0.05) is 6.54 Å². The van der Waals surface area contributed by atoms with Gasteiger partial charge in [-0.15, -0.1) is 0 Å². The summed E-state index contributed by atoms with van der Waals surface area (Å²) in [5, 5.41) is 2.80. The molecule has 0 aromatic heterocycles. The van der Waals surface area contributed by atoms with Crippen LogP contribution in [0.4, 0.5) is 10.1 Å². The molecule has 0 heterocycles. The van der Waals surface area contributed by atoms with Crippen molar-refractivity contribution in [3.05, 3.63) is 120 Å². The van der Waals surface area contributed by atoms with Crippen LogP contribution in [0, 0.1) is 12.7 Å². The Morgan fingerprint density at radius 1 is 0.897 bits per heavy atom. The largest absolute Gasteiger partial charge is 0.495 e. The minimum Gasteiger partial charge on any atom is -0.495 e. The highest BCUT2D eigenvalue weighted by Crippen LogP contribution is 2.33. The van der Waals surface area contributed by atoms with Crippen molar-refractivity contribution in [1.29, 1.82) is 0 Å². The van der Waals surface area contributed by atoms with E-state index in [4.69, 9.17) is 9.47 Å². The second-order valence-electron chi connectivity index (χ2n) is 8.84. The molecule has 0 radical (unpaired) electrons. The lowest BCUT2D eigenvalue weighted by Gasteiger charge is -2.26. The molecule has 9 heteroatoms. The quantitative estimate of drug-likeness (QED) is 0.277. The molecule has 4 rings (SSSR count). The Hall–Kier alpha value is -4.37. The number of anilines is 1. The van der Waals surface area contributed by atoms with Gasteiger partial charge >= 0.3 is 0 Å². The van der Waals surface area contributed by atoms with Crippen molar-refractivity contribution in [3.63, 3.8) is 0 Å². The average molecular weight is 549 g/mol. The van der Waals surface area contributed by atoms with Gasteiger partial charge in [-0.25, -0.2) is 12.8 Å². The molecule has 0 aliphatic rings. The number of sulfonamides is 1. The van der Waals surface area contributed by atoms with E-state index >= 15 is 0 Å². The van der Waals surface area contributed by atoms with E-state index in [9.17, 15) is 17.6 Å². The lowest BCUT2D eigenvalue weighted by atomic mass is 10.2. The number of ether oxygens (including phenoxy) is 2. The second-order valence-corrected chi connectivity index (χ2v) is 10.7. The van der Waals surface area contributed by atoms with E-state index in [-0.39, 0.29) is 22.9 Å². The van der Waals surface area contributed by atoms with Crippen LogP contribution in [0.2, 0.25) is 0 Å². The molecule has 0 spiro atoms. The van der Waals surface area contributed by atoms with E-state index in [2.05, 4.69) is 5.32 Å². The molecule has 4 aromatic carbocycles. The first-order valence-electron chi connectivity index (χ1n) is 12.2. The van der Waals surface area contributed by atoms with Gasteiger partial charge in [0.05, 0.1) is 17.7 Å². The van der Waals surface area contributed by atoms with Gasteiger partial charge in [0.2, 0.25) is 5.91 Å². The smallest absolute Gasteiger partial charge is 0.264 e. The standard InChI is InChI=1S/C30H29FN2O5S/c1-22-8-17-29(37-2)28(18-22)33(39(35,36)27-6-4-3-5-7-27)20-30(34)32-19-23-11-15-26(16-12-23)38-21-24-9-13-25(31)14-10-24/h3-18H,19-21H2,1-2H3,(H,32,34). The maximum atomic E-state index is 13.6. The first-order valence-corrected chi connectivity index (χ1v) is 13.7. The van der Waals surface area contributed by atoms with E-state index in [1.165, 1.54) is 31.4 Å². The van der Waals surface area contributed by atoms with Crippen molar-refractivity contribution >= 4 is 21.6 Å². The number of aryl methyl sites for hydroxylation is 1. The van der Waals surface area contributed by atoms with Crippen LogP contribution >= 0.6 is 0 Å². The van der Waals surface area contributed by atoms with Gasteiger partial charge in [-0.1, -0.05) is 48.5 Å². The van der Waals surface area contributed by atoms with Crippen LogP contribution in [0.5, 0.6) is 11.5 Å². The summed E-state index contributed by atoms with van der Waals surface area (Å²) in [4.78, 5) is 13.1. The number of carbonyl (C=O) groups excluding carboxylic acids is 1. The van der Waals surface area contributed by atoms with Crippen LogP contribution in [0.3, 0.4) is 0 Å². The molecule has 0 saturated carbocycles. The SMILES string of the molecule is COc1ccc(C)cc1N(CC(=O)NCc1ccc(OCc2ccc(F)cc2)cc1)S(=O)(=O)c1ccccc1. The van der Waals surface area contributed by atoms with Crippen molar-refractivity contribution in [2.75, 3.05) is 18.0 Å². The van der Waals surface area contributed by atoms with Gasteiger partial charge in [-0.05, 0) is 72.1 Å². The van der Waals surface area contributed by atoms with E-state index < -0.39 is 22.5 Å². The number of benzene rings is 4. The maximum Gasteiger partial charge on any atom is 0.264 e. The number of halogens is 1. The third-order valence-electron chi connectivity index (χ3n) is 5.95. The van der Waals surface area contributed by atoms with Gasteiger partial charge in [0.25, 0.3) is 10.0 Å². The summed E-state index contributed by atoms with van der Waals surface area (Å²) in [7, 11) is -2.61.